The Labute approximate surface area is 172 Å². The summed E-state index contributed by atoms with van der Waals surface area (Å²) in [6.45, 7) is 9.46. The Morgan fingerprint density at radius 1 is 1.07 bits per heavy atom. The second-order valence-electron chi connectivity index (χ2n) is 7.18. The van der Waals surface area contributed by atoms with E-state index in [0.29, 0.717) is 22.8 Å². The molecule has 0 bridgehead atoms. The lowest BCUT2D eigenvalue weighted by Crippen LogP contribution is -2.47. The first-order chi connectivity index (χ1) is 13.0. The first-order valence-electron chi connectivity index (χ1n) is 9.10. The van der Waals surface area contributed by atoms with Crippen LogP contribution in [-0.4, -0.2) is 26.6 Å². The molecule has 0 aliphatic carbocycles. The van der Waals surface area contributed by atoms with E-state index in [2.05, 4.69) is 5.32 Å². The lowest BCUT2D eigenvalue weighted by atomic mass is 10.0. The summed E-state index contributed by atoms with van der Waals surface area (Å²) in [5.41, 5.74) is 4.89. The highest BCUT2D eigenvalue weighted by atomic mass is 35.5. The number of hydrogen-bond acceptors (Lipinski definition) is 3. The third-order valence-corrected chi connectivity index (χ3v) is 6.25. The Balaban J connectivity index is 2.46. The smallest absolute Gasteiger partial charge is 0.248 e. The van der Waals surface area contributed by atoms with Crippen LogP contribution in [-0.2, 0) is 14.8 Å². The average molecular weight is 423 g/mol. The number of hydrogen-bond donors (Lipinski definition) is 1. The van der Waals surface area contributed by atoms with Crippen molar-refractivity contribution in [1.29, 1.82) is 0 Å². The van der Waals surface area contributed by atoms with Gasteiger partial charge >= 0.3 is 0 Å². The maximum atomic E-state index is 13.1. The lowest BCUT2D eigenvalue weighted by molar-refractivity contribution is -0.117. The van der Waals surface area contributed by atoms with E-state index in [1.54, 1.807) is 25.1 Å². The van der Waals surface area contributed by atoms with Crippen molar-refractivity contribution in [3.05, 3.63) is 57.6 Å². The summed E-state index contributed by atoms with van der Waals surface area (Å²) in [6.07, 6.45) is 1.41. The quantitative estimate of drug-likeness (QED) is 0.729. The van der Waals surface area contributed by atoms with Gasteiger partial charge in [-0.2, -0.15) is 0 Å². The number of carbonyl (C=O) groups is 1. The van der Waals surface area contributed by atoms with Gasteiger partial charge in [-0.1, -0.05) is 42.3 Å². The first kappa shape index (κ1) is 22.2. The van der Waals surface area contributed by atoms with Gasteiger partial charge in [0.2, 0.25) is 15.9 Å². The summed E-state index contributed by atoms with van der Waals surface area (Å²) < 4.78 is 26.3. The maximum absolute atomic E-state index is 13.1. The Hall–Kier alpha value is -2.05. The van der Waals surface area contributed by atoms with Crippen LogP contribution in [0.25, 0.3) is 0 Å². The first-order valence-corrected chi connectivity index (χ1v) is 11.3. The van der Waals surface area contributed by atoms with E-state index >= 15 is 0 Å². The van der Waals surface area contributed by atoms with Crippen molar-refractivity contribution >= 4 is 38.9 Å². The summed E-state index contributed by atoms with van der Waals surface area (Å²) in [5.74, 6) is -0.375. The highest BCUT2D eigenvalue weighted by Crippen LogP contribution is 2.29. The fourth-order valence-electron chi connectivity index (χ4n) is 3.36. The molecule has 0 saturated heterocycles. The summed E-state index contributed by atoms with van der Waals surface area (Å²) >= 11 is 6.20. The molecule has 0 radical (unpaired) electrons. The molecule has 152 valence electrons. The molecule has 2 aromatic carbocycles. The van der Waals surface area contributed by atoms with Gasteiger partial charge in [-0.25, -0.2) is 8.42 Å². The van der Waals surface area contributed by atoms with Crippen molar-refractivity contribution in [2.24, 2.45) is 0 Å². The minimum Gasteiger partial charge on any atom is -0.324 e. The predicted molar refractivity (Wildman–Crippen MR) is 117 cm³/mol. The van der Waals surface area contributed by atoms with Crippen molar-refractivity contribution in [1.82, 2.24) is 0 Å². The van der Waals surface area contributed by atoms with Gasteiger partial charge < -0.3 is 5.32 Å². The third-order valence-electron chi connectivity index (χ3n) is 4.66. The number of carbonyl (C=O) groups excluding carboxylic acids is 1. The van der Waals surface area contributed by atoms with E-state index < -0.39 is 16.1 Å². The summed E-state index contributed by atoms with van der Waals surface area (Å²) in [5, 5.41) is 3.38. The molecule has 1 atom stereocenters. The van der Waals surface area contributed by atoms with Crippen LogP contribution in [0.2, 0.25) is 5.02 Å². The van der Waals surface area contributed by atoms with Crippen molar-refractivity contribution in [2.45, 2.75) is 47.1 Å². The Morgan fingerprint density at radius 3 is 2.11 bits per heavy atom. The lowest BCUT2D eigenvalue weighted by Gasteiger charge is -2.30. The fourth-order valence-corrected chi connectivity index (χ4v) is 4.74. The van der Waals surface area contributed by atoms with Gasteiger partial charge in [0.05, 0.1) is 11.9 Å². The van der Waals surface area contributed by atoms with E-state index in [1.807, 2.05) is 39.8 Å². The summed E-state index contributed by atoms with van der Waals surface area (Å²) in [4.78, 5) is 13.1. The number of benzene rings is 2. The molecular weight excluding hydrogens is 396 g/mol. The van der Waals surface area contributed by atoms with Gasteiger partial charge in [-0.15, -0.1) is 0 Å². The van der Waals surface area contributed by atoms with Crippen molar-refractivity contribution in [3.63, 3.8) is 0 Å². The van der Waals surface area contributed by atoms with Crippen molar-refractivity contribution in [2.75, 3.05) is 15.9 Å². The second kappa shape index (κ2) is 8.53. The second-order valence-corrected chi connectivity index (χ2v) is 9.45. The van der Waals surface area contributed by atoms with E-state index in [4.69, 9.17) is 11.6 Å². The minimum atomic E-state index is -3.71. The summed E-state index contributed by atoms with van der Waals surface area (Å²) in [7, 11) is -3.71. The Kier molecular flexibility index (Phi) is 6.78. The van der Waals surface area contributed by atoms with Crippen LogP contribution in [0.5, 0.6) is 0 Å². The van der Waals surface area contributed by atoms with Gasteiger partial charge in [0, 0.05) is 10.7 Å². The number of anilines is 2. The molecule has 0 aliphatic rings. The molecule has 28 heavy (non-hydrogen) atoms. The monoisotopic (exact) mass is 422 g/mol. The number of nitrogens with zero attached hydrogens (tertiary/aromatic N) is 1. The zero-order valence-corrected chi connectivity index (χ0v) is 18.7. The molecule has 1 N–H and O–H groups in total. The van der Waals surface area contributed by atoms with Crippen molar-refractivity contribution in [3.8, 4) is 0 Å². The molecule has 5 nitrogen and oxygen atoms in total. The molecule has 0 heterocycles. The van der Waals surface area contributed by atoms with E-state index in [1.165, 1.54) is 0 Å². The summed E-state index contributed by atoms with van der Waals surface area (Å²) in [6, 6.07) is 8.06. The molecule has 0 aliphatic heterocycles. The number of aryl methyl sites for hydroxylation is 4. The number of nitrogens with one attached hydrogen (secondary N) is 1. The van der Waals surface area contributed by atoms with E-state index in [0.717, 1.165) is 32.8 Å². The predicted octanol–water partition coefficient (Wildman–Crippen LogP) is 4.76. The van der Waals surface area contributed by atoms with Crippen molar-refractivity contribution < 1.29 is 13.2 Å². The Morgan fingerprint density at radius 2 is 1.64 bits per heavy atom. The SMILES string of the molecule is CC[C@@H](C(=O)Nc1c(C)cc(C)cc1C)N(c1ccc(C)c(Cl)c1)S(C)(=O)=O. The maximum Gasteiger partial charge on any atom is 0.248 e. The molecule has 7 heteroatoms. The van der Waals surface area contributed by atoms with E-state index in [9.17, 15) is 13.2 Å². The van der Waals surface area contributed by atoms with Crippen LogP contribution in [0.4, 0.5) is 11.4 Å². The third kappa shape index (κ3) is 4.86. The fraction of sp³-hybridized carbons (Fsp3) is 0.381. The molecule has 0 unspecified atom stereocenters. The van der Waals surface area contributed by atoms with Crippen LogP contribution in [0, 0.1) is 27.7 Å². The number of sulfonamides is 1. The standard InChI is InChI=1S/C21H27ClN2O3S/c1-7-19(21(25)23-20-15(4)10-13(2)11-16(20)5)24(28(6,26)27)17-9-8-14(3)18(22)12-17/h8-12,19H,7H2,1-6H3,(H,23,25)/t19-/m0/s1. The largest absolute Gasteiger partial charge is 0.324 e. The highest BCUT2D eigenvalue weighted by molar-refractivity contribution is 7.92. The normalized spacial score (nSPS) is 12.5. The number of rotatable bonds is 6. The van der Waals surface area contributed by atoms with Crippen LogP contribution in [0.1, 0.15) is 35.6 Å². The van der Waals surface area contributed by atoms with Crippen LogP contribution in [0.3, 0.4) is 0 Å². The van der Waals surface area contributed by atoms with Crippen LogP contribution >= 0.6 is 11.6 Å². The molecule has 0 saturated carbocycles. The molecule has 1 amide bonds. The van der Waals surface area contributed by atoms with Gasteiger partial charge in [0.1, 0.15) is 6.04 Å². The van der Waals surface area contributed by atoms with Gasteiger partial charge in [0.25, 0.3) is 0 Å². The van der Waals surface area contributed by atoms with E-state index in [-0.39, 0.29) is 5.91 Å². The minimum absolute atomic E-state index is 0.314. The molecular formula is C21H27ClN2O3S. The number of amides is 1. The van der Waals surface area contributed by atoms with Crippen LogP contribution < -0.4 is 9.62 Å². The van der Waals surface area contributed by atoms with Crippen LogP contribution in [0.15, 0.2) is 30.3 Å². The molecule has 2 aromatic rings. The zero-order chi connectivity index (χ0) is 21.2. The number of halogens is 1. The van der Waals surface area contributed by atoms with Gasteiger partial charge in [-0.05, 0) is 62.9 Å². The molecule has 0 spiro atoms. The average Bonchev–Trinajstić information content (AvgIpc) is 2.57. The highest BCUT2D eigenvalue weighted by Gasteiger charge is 2.32. The molecule has 2 rings (SSSR count). The zero-order valence-electron chi connectivity index (χ0n) is 17.1. The molecule has 0 fully saturated rings. The van der Waals surface area contributed by atoms with Gasteiger partial charge in [-0.3, -0.25) is 9.10 Å². The molecule has 0 aromatic heterocycles. The Bertz CT molecular complexity index is 980. The topological polar surface area (TPSA) is 66.5 Å². The van der Waals surface area contributed by atoms with Gasteiger partial charge in [0.15, 0.2) is 0 Å².